The first-order valence-corrected chi connectivity index (χ1v) is 8.34. The van der Waals surface area contributed by atoms with Gasteiger partial charge in [-0.2, -0.15) is 5.10 Å². The fraction of sp³-hybridized carbons (Fsp3) is 0.353. The number of nitro benzene ring substituents is 1. The molecule has 0 aliphatic heterocycles. The molecule has 0 aliphatic carbocycles. The molecule has 1 amide bonds. The number of rotatable bonds is 8. The van der Waals surface area contributed by atoms with E-state index in [-0.39, 0.29) is 35.3 Å². The summed E-state index contributed by atoms with van der Waals surface area (Å²) >= 11 is 0. The Kier molecular flexibility index (Phi) is 6.11. The van der Waals surface area contributed by atoms with Gasteiger partial charge in [0.1, 0.15) is 5.56 Å². The molecule has 27 heavy (non-hydrogen) atoms. The highest BCUT2D eigenvalue weighted by Gasteiger charge is 2.21. The maximum absolute atomic E-state index is 12.2. The maximum Gasteiger partial charge on any atom is 0.341 e. The number of aryl methyl sites for hydroxylation is 2. The summed E-state index contributed by atoms with van der Waals surface area (Å²) in [5.74, 6) is -1.45. The molecule has 10 heteroatoms. The highest BCUT2D eigenvalue weighted by atomic mass is 16.6. The molecule has 1 heterocycles. The third-order valence-corrected chi connectivity index (χ3v) is 4.13. The van der Waals surface area contributed by atoms with E-state index in [1.165, 1.54) is 16.8 Å². The van der Waals surface area contributed by atoms with Crippen molar-refractivity contribution in [3.63, 3.8) is 0 Å². The number of carbonyl (C=O) groups excluding carboxylic acids is 1. The van der Waals surface area contributed by atoms with Crippen molar-refractivity contribution < 1.29 is 19.6 Å². The van der Waals surface area contributed by atoms with E-state index < -0.39 is 10.9 Å². The molecule has 0 saturated carbocycles. The topological polar surface area (TPSA) is 139 Å². The largest absolute Gasteiger partial charge is 0.477 e. The predicted octanol–water partition coefficient (Wildman–Crippen LogP) is 2.45. The maximum atomic E-state index is 12.2. The molecular formula is C17H21N5O5. The molecule has 1 aromatic carbocycles. The van der Waals surface area contributed by atoms with Gasteiger partial charge >= 0.3 is 5.97 Å². The Morgan fingerprint density at radius 2 is 1.96 bits per heavy atom. The number of aromatic carboxylic acids is 1. The van der Waals surface area contributed by atoms with Crippen LogP contribution in [-0.2, 0) is 11.3 Å². The summed E-state index contributed by atoms with van der Waals surface area (Å²) in [6.07, 6.45) is 0.118. The molecule has 1 aromatic heterocycles. The molecular weight excluding hydrogens is 354 g/mol. The summed E-state index contributed by atoms with van der Waals surface area (Å²) < 4.78 is 1.46. The lowest BCUT2D eigenvalue weighted by Crippen LogP contribution is -2.32. The lowest BCUT2D eigenvalue weighted by atomic mass is 9.97. The first-order valence-electron chi connectivity index (χ1n) is 8.34. The second kappa shape index (κ2) is 8.30. The van der Waals surface area contributed by atoms with Crippen molar-refractivity contribution in [3.8, 4) is 0 Å². The number of nitro groups is 1. The molecule has 2 aromatic rings. The average molecular weight is 375 g/mol. The monoisotopic (exact) mass is 375 g/mol. The van der Waals surface area contributed by atoms with Gasteiger partial charge in [0, 0.05) is 25.1 Å². The summed E-state index contributed by atoms with van der Waals surface area (Å²) in [5, 5.41) is 24.1. The van der Waals surface area contributed by atoms with Crippen molar-refractivity contribution in [2.24, 2.45) is 0 Å². The fourth-order valence-corrected chi connectivity index (χ4v) is 2.69. The highest BCUT2D eigenvalue weighted by molar-refractivity contribution is 5.95. The van der Waals surface area contributed by atoms with Gasteiger partial charge in [0.25, 0.3) is 5.69 Å². The molecule has 0 spiro atoms. The van der Waals surface area contributed by atoms with Crippen molar-refractivity contribution >= 4 is 23.4 Å². The van der Waals surface area contributed by atoms with Crippen LogP contribution in [0.2, 0.25) is 0 Å². The predicted molar refractivity (Wildman–Crippen MR) is 97.5 cm³/mol. The number of hydrogen-bond donors (Lipinski definition) is 3. The van der Waals surface area contributed by atoms with Gasteiger partial charge in [0.15, 0.2) is 5.82 Å². The van der Waals surface area contributed by atoms with Gasteiger partial charge in [-0.3, -0.25) is 25.8 Å². The van der Waals surface area contributed by atoms with Gasteiger partial charge < -0.3 is 5.11 Å². The summed E-state index contributed by atoms with van der Waals surface area (Å²) in [6.45, 7) is 5.65. The van der Waals surface area contributed by atoms with Crippen molar-refractivity contribution in [2.75, 3.05) is 5.43 Å². The van der Waals surface area contributed by atoms with Crippen LogP contribution in [0.1, 0.15) is 47.8 Å². The smallest absolute Gasteiger partial charge is 0.341 e. The normalized spacial score (nSPS) is 11.7. The number of non-ortho nitro benzene ring substituents is 1. The molecule has 0 aliphatic rings. The van der Waals surface area contributed by atoms with Crippen LogP contribution in [0.5, 0.6) is 0 Å². The molecule has 0 radical (unpaired) electrons. The van der Waals surface area contributed by atoms with E-state index in [4.69, 9.17) is 0 Å². The number of carbonyl (C=O) groups is 2. The summed E-state index contributed by atoms with van der Waals surface area (Å²) in [4.78, 5) is 33.8. The molecule has 1 unspecified atom stereocenters. The molecule has 10 nitrogen and oxygen atoms in total. The fourth-order valence-electron chi connectivity index (χ4n) is 2.69. The molecule has 3 N–H and O–H groups in total. The Morgan fingerprint density at radius 3 is 2.48 bits per heavy atom. The van der Waals surface area contributed by atoms with Crippen molar-refractivity contribution in [2.45, 2.75) is 39.7 Å². The van der Waals surface area contributed by atoms with Crippen LogP contribution in [0.4, 0.5) is 11.5 Å². The van der Waals surface area contributed by atoms with E-state index in [2.05, 4.69) is 16.0 Å². The van der Waals surface area contributed by atoms with Crippen LogP contribution >= 0.6 is 0 Å². The van der Waals surface area contributed by atoms with Gasteiger partial charge in [-0.05, 0) is 25.3 Å². The van der Waals surface area contributed by atoms with E-state index in [0.717, 1.165) is 5.56 Å². The lowest BCUT2D eigenvalue weighted by Gasteiger charge is -2.14. The summed E-state index contributed by atoms with van der Waals surface area (Å²) in [6, 6.07) is 6.01. The van der Waals surface area contributed by atoms with Gasteiger partial charge in [0.05, 0.1) is 10.6 Å². The number of benzene rings is 1. The number of nitrogens with one attached hydrogen (secondary N) is 2. The van der Waals surface area contributed by atoms with E-state index in [0.29, 0.717) is 12.2 Å². The van der Waals surface area contributed by atoms with Crippen molar-refractivity contribution in [1.82, 2.24) is 15.2 Å². The summed E-state index contributed by atoms with van der Waals surface area (Å²) in [7, 11) is 0. The molecule has 144 valence electrons. The second-order valence-corrected chi connectivity index (χ2v) is 6.06. The minimum absolute atomic E-state index is 0.000525. The molecule has 0 fully saturated rings. The van der Waals surface area contributed by atoms with Crippen LogP contribution in [0.15, 0.2) is 24.3 Å². The molecule has 0 bridgehead atoms. The van der Waals surface area contributed by atoms with Crippen LogP contribution in [-0.4, -0.2) is 31.7 Å². The Hall–Kier alpha value is -3.43. The van der Waals surface area contributed by atoms with Crippen molar-refractivity contribution in [1.29, 1.82) is 0 Å². The number of aromatic nitrogens is 2. The SMILES string of the molecule is CCn1nc(C)c(C(=O)O)c1NNC(=O)CC(C)c1ccc([N+](=O)[O-])cc1. The Morgan fingerprint density at radius 1 is 1.33 bits per heavy atom. The number of amides is 1. The van der Waals surface area contributed by atoms with Crippen molar-refractivity contribution in [3.05, 3.63) is 51.2 Å². The molecule has 2 rings (SSSR count). The standard InChI is InChI=1S/C17H21N5O5/c1-4-21-16(15(17(24)25)11(3)20-21)19-18-14(23)9-10(2)12-5-7-13(8-6-12)22(26)27/h5-8,10,19H,4,9H2,1-3H3,(H,18,23)(H,24,25). The third kappa shape index (κ3) is 4.60. The lowest BCUT2D eigenvalue weighted by molar-refractivity contribution is -0.384. The summed E-state index contributed by atoms with van der Waals surface area (Å²) in [5.41, 5.74) is 6.26. The zero-order valence-corrected chi connectivity index (χ0v) is 15.2. The second-order valence-electron chi connectivity index (χ2n) is 6.06. The van der Waals surface area contributed by atoms with Gasteiger partial charge in [-0.1, -0.05) is 19.1 Å². The molecule has 1 atom stereocenters. The van der Waals surface area contributed by atoms with E-state index in [1.54, 1.807) is 19.1 Å². The zero-order chi connectivity index (χ0) is 20.1. The number of nitrogens with zero attached hydrogens (tertiary/aromatic N) is 3. The van der Waals surface area contributed by atoms with E-state index in [9.17, 15) is 24.8 Å². The average Bonchev–Trinajstić information content (AvgIpc) is 2.95. The first kappa shape index (κ1) is 19.9. The Bertz CT molecular complexity index is 859. The number of hydrogen-bond acceptors (Lipinski definition) is 6. The van der Waals surface area contributed by atoms with Crippen LogP contribution < -0.4 is 10.9 Å². The van der Waals surface area contributed by atoms with Gasteiger partial charge in [-0.15, -0.1) is 0 Å². The van der Waals surface area contributed by atoms with E-state index in [1.807, 2.05) is 13.8 Å². The first-order chi connectivity index (χ1) is 12.7. The van der Waals surface area contributed by atoms with Gasteiger partial charge in [-0.25, -0.2) is 9.48 Å². The third-order valence-electron chi connectivity index (χ3n) is 4.13. The number of carboxylic acid groups (broad SMARTS) is 1. The van der Waals surface area contributed by atoms with Gasteiger partial charge in [0.2, 0.25) is 5.91 Å². The zero-order valence-electron chi connectivity index (χ0n) is 15.2. The Labute approximate surface area is 155 Å². The quantitative estimate of drug-likeness (QED) is 0.475. The highest BCUT2D eigenvalue weighted by Crippen LogP contribution is 2.22. The minimum atomic E-state index is -1.14. The minimum Gasteiger partial charge on any atom is -0.477 e. The van der Waals surface area contributed by atoms with E-state index >= 15 is 0 Å². The van der Waals surface area contributed by atoms with Crippen LogP contribution in [0, 0.1) is 17.0 Å². The molecule has 0 saturated heterocycles. The van der Waals surface area contributed by atoms with Crippen LogP contribution in [0.25, 0.3) is 0 Å². The number of carboxylic acids is 1. The Balaban J connectivity index is 2.02. The number of hydrazine groups is 1. The van der Waals surface area contributed by atoms with Crippen LogP contribution in [0.3, 0.4) is 0 Å². The number of anilines is 1.